The van der Waals surface area contributed by atoms with Crippen LogP contribution in [0.1, 0.15) is 34.1 Å². The predicted molar refractivity (Wildman–Crippen MR) is 85.4 cm³/mol. The second-order valence-corrected chi connectivity index (χ2v) is 5.69. The summed E-state index contributed by atoms with van der Waals surface area (Å²) in [4.78, 5) is 15.7. The third-order valence-electron chi connectivity index (χ3n) is 2.59. The zero-order chi connectivity index (χ0) is 13.1. The van der Waals surface area contributed by atoms with Gasteiger partial charge in [0.1, 0.15) is 0 Å². The lowest BCUT2D eigenvalue weighted by molar-refractivity contribution is -0.121. The van der Waals surface area contributed by atoms with Gasteiger partial charge in [0.05, 0.1) is 6.54 Å². The quantitative estimate of drug-likeness (QED) is 0.397. The van der Waals surface area contributed by atoms with E-state index in [4.69, 9.17) is 0 Å². The van der Waals surface area contributed by atoms with E-state index in [1.165, 1.54) is 6.42 Å². The normalized spacial score (nSPS) is 22.8. The molecule has 1 amide bonds. The lowest BCUT2D eigenvalue weighted by Gasteiger charge is -2.21. The van der Waals surface area contributed by atoms with E-state index in [1.807, 2.05) is 20.8 Å². The van der Waals surface area contributed by atoms with Crippen molar-refractivity contribution in [3.05, 3.63) is 0 Å². The van der Waals surface area contributed by atoms with E-state index < -0.39 is 0 Å². The average molecular weight is 368 g/mol. The number of halogens is 1. The molecule has 0 bridgehead atoms. The molecule has 106 valence electrons. The van der Waals surface area contributed by atoms with E-state index in [0.717, 1.165) is 0 Å². The summed E-state index contributed by atoms with van der Waals surface area (Å²) < 4.78 is 0. The number of nitrogens with one attached hydrogen (secondary N) is 3. The molecule has 0 spiro atoms. The molecule has 1 aliphatic carbocycles. The van der Waals surface area contributed by atoms with Crippen LogP contribution in [-0.4, -0.2) is 37.0 Å². The van der Waals surface area contributed by atoms with E-state index in [1.54, 1.807) is 7.05 Å². The van der Waals surface area contributed by atoms with Crippen molar-refractivity contribution in [3.8, 4) is 0 Å². The molecule has 5 nitrogen and oxygen atoms in total. The molecule has 0 saturated heterocycles. The van der Waals surface area contributed by atoms with Crippen LogP contribution in [0.2, 0.25) is 0 Å². The van der Waals surface area contributed by atoms with Crippen molar-refractivity contribution in [1.82, 2.24) is 16.0 Å². The van der Waals surface area contributed by atoms with Crippen molar-refractivity contribution < 1.29 is 4.79 Å². The summed E-state index contributed by atoms with van der Waals surface area (Å²) in [7, 11) is 1.71. The highest BCUT2D eigenvalue weighted by atomic mass is 127. The van der Waals surface area contributed by atoms with Crippen molar-refractivity contribution in [3.63, 3.8) is 0 Å². The minimum Gasteiger partial charge on any atom is -0.353 e. The van der Waals surface area contributed by atoms with Gasteiger partial charge in [0.15, 0.2) is 5.96 Å². The molecule has 3 N–H and O–H groups in total. The number of hydrogen-bond acceptors (Lipinski definition) is 2. The molecule has 0 aliphatic heterocycles. The minimum atomic E-state index is -0.194. The van der Waals surface area contributed by atoms with Gasteiger partial charge in [-0.25, -0.2) is 0 Å². The molecule has 1 rings (SSSR count). The molecule has 1 fully saturated rings. The topological polar surface area (TPSA) is 65.5 Å². The highest BCUT2D eigenvalue weighted by Gasteiger charge is 2.33. The Labute approximate surface area is 127 Å². The number of carbonyl (C=O) groups is 1. The van der Waals surface area contributed by atoms with Crippen LogP contribution < -0.4 is 16.0 Å². The number of hydrogen-bond donors (Lipinski definition) is 3. The summed E-state index contributed by atoms with van der Waals surface area (Å²) in [5, 5.41) is 9.17. The second kappa shape index (κ2) is 7.16. The Morgan fingerprint density at radius 2 is 1.94 bits per heavy atom. The van der Waals surface area contributed by atoms with Crippen molar-refractivity contribution in [2.45, 2.75) is 45.7 Å². The van der Waals surface area contributed by atoms with Crippen molar-refractivity contribution in [1.29, 1.82) is 0 Å². The van der Waals surface area contributed by atoms with Gasteiger partial charge in [0, 0.05) is 18.6 Å². The Bertz CT molecular complexity index is 312. The van der Waals surface area contributed by atoms with Gasteiger partial charge >= 0.3 is 0 Å². The Hall–Kier alpha value is -0.530. The molecule has 18 heavy (non-hydrogen) atoms. The van der Waals surface area contributed by atoms with Gasteiger partial charge in [-0.3, -0.25) is 9.79 Å². The fraction of sp³-hybridized carbons (Fsp3) is 0.833. The number of guanidine groups is 1. The fourth-order valence-corrected chi connectivity index (χ4v) is 1.52. The summed E-state index contributed by atoms with van der Waals surface area (Å²) in [6.07, 6.45) is 1.18. The zero-order valence-electron chi connectivity index (χ0n) is 11.8. The largest absolute Gasteiger partial charge is 0.353 e. The number of carbonyl (C=O) groups excluding carboxylic acids is 1. The van der Waals surface area contributed by atoms with E-state index >= 15 is 0 Å². The molecule has 0 aromatic rings. The Kier molecular flexibility index (Phi) is 6.94. The van der Waals surface area contributed by atoms with Crippen LogP contribution in [0.4, 0.5) is 0 Å². The van der Waals surface area contributed by atoms with Crippen LogP contribution in [0.5, 0.6) is 0 Å². The van der Waals surface area contributed by atoms with E-state index in [2.05, 4.69) is 27.9 Å². The van der Waals surface area contributed by atoms with Gasteiger partial charge in [-0.1, -0.05) is 6.92 Å². The van der Waals surface area contributed by atoms with E-state index in [-0.39, 0.29) is 42.0 Å². The highest BCUT2D eigenvalue weighted by Crippen LogP contribution is 2.28. The van der Waals surface area contributed by atoms with Crippen LogP contribution in [-0.2, 0) is 4.79 Å². The molecule has 6 heteroatoms. The van der Waals surface area contributed by atoms with Crippen molar-refractivity contribution in [2.24, 2.45) is 10.9 Å². The highest BCUT2D eigenvalue weighted by molar-refractivity contribution is 14.0. The summed E-state index contributed by atoms with van der Waals surface area (Å²) in [6.45, 7) is 8.33. The Morgan fingerprint density at radius 3 is 2.33 bits per heavy atom. The van der Waals surface area contributed by atoms with Crippen molar-refractivity contribution >= 4 is 35.8 Å². The van der Waals surface area contributed by atoms with Gasteiger partial charge in [-0.15, -0.1) is 24.0 Å². The first-order valence-corrected chi connectivity index (χ1v) is 6.10. The molecule has 0 aromatic heterocycles. The maximum Gasteiger partial charge on any atom is 0.239 e. The van der Waals surface area contributed by atoms with Crippen LogP contribution in [0.25, 0.3) is 0 Å². The monoisotopic (exact) mass is 368 g/mol. The summed E-state index contributed by atoms with van der Waals surface area (Å²) in [5.74, 6) is 1.38. The van der Waals surface area contributed by atoms with Gasteiger partial charge in [-0.05, 0) is 33.1 Å². The first-order valence-electron chi connectivity index (χ1n) is 6.10. The third kappa shape index (κ3) is 7.03. The molecule has 2 atom stereocenters. The molecule has 0 aromatic carbocycles. The first kappa shape index (κ1) is 17.5. The predicted octanol–water partition coefficient (Wildman–Crippen LogP) is 1.09. The van der Waals surface area contributed by atoms with E-state index in [0.29, 0.717) is 17.9 Å². The smallest absolute Gasteiger partial charge is 0.239 e. The third-order valence-corrected chi connectivity index (χ3v) is 2.59. The van der Waals surface area contributed by atoms with Gasteiger partial charge in [0.25, 0.3) is 0 Å². The summed E-state index contributed by atoms with van der Waals surface area (Å²) in [6, 6.07) is 0.506. The van der Waals surface area contributed by atoms with Crippen LogP contribution in [0, 0.1) is 5.92 Å². The minimum absolute atomic E-state index is 0. The molecule has 1 saturated carbocycles. The standard InChI is InChI=1S/C12H24N4O.HI/c1-8-6-9(8)15-11(13-5)14-7-10(17)16-12(2,3)4;/h8-9H,6-7H2,1-5H3,(H,16,17)(H2,13,14,15);1H. The van der Waals surface area contributed by atoms with Crippen LogP contribution >= 0.6 is 24.0 Å². The molecule has 1 aliphatic rings. The maximum atomic E-state index is 11.6. The average Bonchev–Trinajstić information content (AvgIpc) is 2.86. The summed E-state index contributed by atoms with van der Waals surface area (Å²) in [5.41, 5.74) is -0.194. The van der Waals surface area contributed by atoms with Crippen molar-refractivity contribution in [2.75, 3.05) is 13.6 Å². The molecule has 0 radical (unpaired) electrons. The first-order chi connectivity index (χ1) is 7.81. The zero-order valence-corrected chi connectivity index (χ0v) is 14.2. The fourth-order valence-electron chi connectivity index (χ4n) is 1.52. The molecular weight excluding hydrogens is 343 g/mol. The molecule has 0 heterocycles. The van der Waals surface area contributed by atoms with Gasteiger partial charge in [0.2, 0.25) is 5.91 Å². The lowest BCUT2D eigenvalue weighted by Crippen LogP contribution is -2.48. The lowest BCUT2D eigenvalue weighted by atomic mass is 10.1. The van der Waals surface area contributed by atoms with Gasteiger partial charge < -0.3 is 16.0 Å². The molecule has 2 unspecified atom stereocenters. The Balaban J connectivity index is 0.00000289. The number of nitrogens with zero attached hydrogens (tertiary/aromatic N) is 1. The van der Waals surface area contributed by atoms with Crippen LogP contribution in [0.3, 0.4) is 0 Å². The number of aliphatic imine (C=N–C) groups is 1. The number of amides is 1. The SMILES string of the molecule is CN=C(NCC(=O)NC(C)(C)C)NC1CC1C.I. The summed E-state index contributed by atoms with van der Waals surface area (Å²) >= 11 is 0. The van der Waals surface area contributed by atoms with E-state index in [9.17, 15) is 4.79 Å². The van der Waals surface area contributed by atoms with Gasteiger partial charge in [-0.2, -0.15) is 0 Å². The van der Waals surface area contributed by atoms with Crippen LogP contribution in [0.15, 0.2) is 4.99 Å². The molecular formula is C12H25IN4O. The number of rotatable bonds is 3. The maximum absolute atomic E-state index is 11.6. The second-order valence-electron chi connectivity index (χ2n) is 5.69. The Morgan fingerprint density at radius 1 is 1.39 bits per heavy atom.